The first-order chi connectivity index (χ1) is 9.63. The molecule has 3 nitrogen and oxygen atoms in total. The highest BCUT2D eigenvalue weighted by Crippen LogP contribution is 2.24. The first kappa shape index (κ1) is 14.6. The molecule has 0 aromatic heterocycles. The van der Waals surface area contributed by atoms with Gasteiger partial charge in [-0.2, -0.15) is 5.26 Å². The lowest BCUT2D eigenvalue weighted by atomic mass is 10.1. The van der Waals surface area contributed by atoms with E-state index in [1.165, 1.54) is 0 Å². The Balaban J connectivity index is 2.21. The van der Waals surface area contributed by atoms with Crippen molar-refractivity contribution in [1.82, 2.24) is 0 Å². The molecule has 0 atom stereocenters. The molecule has 0 aliphatic carbocycles. The third-order valence-electron chi connectivity index (χ3n) is 2.69. The van der Waals surface area contributed by atoms with Gasteiger partial charge in [0.25, 0.3) is 5.91 Å². The molecule has 0 heterocycles. The summed E-state index contributed by atoms with van der Waals surface area (Å²) in [5.41, 5.74) is 2.57. The highest BCUT2D eigenvalue weighted by Gasteiger charge is 2.09. The minimum absolute atomic E-state index is 0.220. The minimum Gasteiger partial charge on any atom is -0.321 e. The van der Waals surface area contributed by atoms with Crippen LogP contribution in [0.3, 0.4) is 0 Å². The maximum atomic E-state index is 12.1. The summed E-state index contributed by atoms with van der Waals surface area (Å²) < 4.78 is 0.665. The van der Waals surface area contributed by atoms with Gasteiger partial charge in [0, 0.05) is 15.9 Å². The van der Waals surface area contributed by atoms with Crippen molar-refractivity contribution < 1.29 is 4.79 Å². The Morgan fingerprint density at radius 2 is 2.10 bits per heavy atom. The maximum absolute atomic E-state index is 12.1. The molecule has 5 heteroatoms. The van der Waals surface area contributed by atoms with E-state index in [0.717, 1.165) is 5.56 Å². The molecule has 0 saturated carbocycles. The first-order valence-corrected chi connectivity index (χ1v) is 7.12. The molecule has 0 radical (unpaired) electrons. The van der Waals surface area contributed by atoms with Crippen LogP contribution >= 0.6 is 27.5 Å². The molecule has 0 spiro atoms. The Morgan fingerprint density at radius 1 is 1.30 bits per heavy atom. The number of carbonyl (C=O) groups excluding carboxylic acids is 1. The van der Waals surface area contributed by atoms with Gasteiger partial charge in [-0.05, 0) is 51.8 Å². The molecule has 0 aliphatic heterocycles. The zero-order valence-corrected chi connectivity index (χ0v) is 12.7. The Morgan fingerprint density at radius 3 is 2.75 bits per heavy atom. The lowest BCUT2D eigenvalue weighted by molar-refractivity contribution is 0.102. The van der Waals surface area contributed by atoms with Crippen molar-refractivity contribution in [2.45, 2.75) is 5.88 Å². The van der Waals surface area contributed by atoms with Crippen LogP contribution in [0.15, 0.2) is 46.9 Å². The van der Waals surface area contributed by atoms with Gasteiger partial charge in [0.1, 0.15) is 0 Å². The van der Waals surface area contributed by atoms with Crippen molar-refractivity contribution in [2.75, 3.05) is 5.32 Å². The van der Waals surface area contributed by atoms with E-state index < -0.39 is 0 Å². The van der Waals surface area contributed by atoms with Crippen LogP contribution in [0.1, 0.15) is 21.5 Å². The summed E-state index contributed by atoms with van der Waals surface area (Å²) in [6.07, 6.45) is 0. The number of amides is 1. The number of anilines is 1. The Kier molecular flexibility index (Phi) is 4.78. The summed E-state index contributed by atoms with van der Waals surface area (Å²) in [5.74, 6) is 0.143. The van der Waals surface area contributed by atoms with Crippen LogP contribution in [-0.4, -0.2) is 5.91 Å². The normalized spacial score (nSPS) is 9.85. The zero-order valence-electron chi connectivity index (χ0n) is 10.4. The molecule has 0 unspecified atom stereocenters. The van der Waals surface area contributed by atoms with Crippen LogP contribution in [0.2, 0.25) is 0 Å². The van der Waals surface area contributed by atoms with Crippen LogP contribution in [0.4, 0.5) is 5.69 Å². The second-order valence-corrected chi connectivity index (χ2v) is 5.22. The van der Waals surface area contributed by atoms with E-state index in [2.05, 4.69) is 21.2 Å². The van der Waals surface area contributed by atoms with E-state index in [9.17, 15) is 4.79 Å². The number of nitrogens with zero attached hydrogens (tertiary/aromatic N) is 1. The standard InChI is InChI=1S/C15H10BrClN2O/c16-13-7-11(9-18)4-5-14(13)19-15(20)12-3-1-2-10(6-12)8-17/h1-7H,8H2,(H,19,20). The number of nitrogens with one attached hydrogen (secondary N) is 1. The van der Waals surface area contributed by atoms with Gasteiger partial charge in [0.2, 0.25) is 0 Å². The van der Waals surface area contributed by atoms with E-state index in [1.54, 1.807) is 36.4 Å². The Bertz CT molecular complexity index is 695. The maximum Gasteiger partial charge on any atom is 0.255 e. The fraction of sp³-hybridized carbons (Fsp3) is 0.0667. The largest absolute Gasteiger partial charge is 0.321 e. The fourth-order valence-corrected chi connectivity index (χ4v) is 2.32. The summed E-state index contributed by atoms with van der Waals surface area (Å²) in [6, 6.07) is 14.2. The molecule has 0 saturated heterocycles. The predicted molar refractivity (Wildman–Crippen MR) is 82.8 cm³/mol. The van der Waals surface area contributed by atoms with Gasteiger partial charge in [0.05, 0.1) is 17.3 Å². The zero-order chi connectivity index (χ0) is 14.5. The third-order valence-corrected chi connectivity index (χ3v) is 3.65. The monoisotopic (exact) mass is 348 g/mol. The van der Waals surface area contributed by atoms with Crippen molar-refractivity contribution in [3.8, 4) is 6.07 Å². The average molecular weight is 350 g/mol. The van der Waals surface area contributed by atoms with Crippen LogP contribution < -0.4 is 5.32 Å². The van der Waals surface area contributed by atoms with Crippen LogP contribution in [-0.2, 0) is 5.88 Å². The quantitative estimate of drug-likeness (QED) is 0.839. The molecular weight excluding hydrogens is 340 g/mol. The molecule has 1 N–H and O–H groups in total. The summed E-state index contributed by atoms with van der Waals surface area (Å²) in [7, 11) is 0. The molecule has 1 amide bonds. The number of rotatable bonds is 3. The molecule has 2 aromatic rings. The lowest BCUT2D eigenvalue weighted by Gasteiger charge is -2.08. The van der Waals surface area contributed by atoms with Crippen LogP contribution in [0.5, 0.6) is 0 Å². The number of carbonyl (C=O) groups is 1. The van der Waals surface area contributed by atoms with Crippen molar-refractivity contribution in [3.05, 3.63) is 63.6 Å². The van der Waals surface area contributed by atoms with Gasteiger partial charge in [-0.15, -0.1) is 11.6 Å². The van der Waals surface area contributed by atoms with Crippen molar-refractivity contribution in [3.63, 3.8) is 0 Å². The van der Waals surface area contributed by atoms with Gasteiger partial charge in [-0.1, -0.05) is 12.1 Å². The molecule has 0 bridgehead atoms. The Labute approximate surface area is 130 Å². The predicted octanol–water partition coefficient (Wildman–Crippen LogP) is 4.31. The Hall–Kier alpha value is -1.83. The number of hydrogen-bond donors (Lipinski definition) is 1. The van der Waals surface area contributed by atoms with Crippen LogP contribution in [0.25, 0.3) is 0 Å². The van der Waals surface area contributed by atoms with Gasteiger partial charge in [0.15, 0.2) is 0 Å². The summed E-state index contributed by atoms with van der Waals surface area (Å²) >= 11 is 9.08. The van der Waals surface area contributed by atoms with Gasteiger partial charge in [-0.25, -0.2) is 0 Å². The third kappa shape index (κ3) is 3.38. The fourth-order valence-electron chi connectivity index (χ4n) is 1.68. The van der Waals surface area contributed by atoms with Gasteiger partial charge >= 0.3 is 0 Å². The van der Waals surface area contributed by atoms with Crippen molar-refractivity contribution >= 4 is 39.1 Å². The molecule has 2 aromatic carbocycles. The van der Waals surface area contributed by atoms with Crippen LogP contribution in [0, 0.1) is 11.3 Å². The molecule has 100 valence electrons. The van der Waals surface area contributed by atoms with Crippen molar-refractivity contribution in [1.29, 1.82) is 5.26 Å². The highest BCUT2D eigenvalue weighted by molar-refractivity contribution is 9.10. The van der Waals surface area contributed by atoms with Gasteiger partial charge in [-0.3, -0.25) is 4.79 Å². The molecule has 20 heavy (non-hydrogen) atoms. The van der Waals surface area contributed by atoms with E-state index in [-0.39, 0.29) is 5.91 Å². The summed E-state index contributed by atoms with van der Waals surface area (Å²) in [5, 5.41) is 11.6. The minimum atomic E-state index is -0.220. The summed E-state index contributed by atoms with van der Waals surface area (Å²) in [6.45, 7) is 0. The summed E-state index contributed by atoms with van der Waals surface area (Å²) in [4.78, 5) is 12.1. The van der Waals surface area contributed by atoms with E-state index in [4.69, 9.17) is 16.9 Å². The number of nitriles is 1. The first-order valence-electron chi connectivity index (χ1n) is 5.80. The number of alkyl halides is 1. The topological polar surface area (TPSA) is 52.9 Å². The SMILES string of the molecule is N#Cc1ccc(NC(=O)c2cccc(CCl)c2)c(Br)c1. The number of halogens is 2. The lowest BCUT2D eigenvalue weighted by Crippen LogP contribution is -2.12. The second kappa shape index (κ2) is 6.56. The second-order valence-electron chi connectivity index (χ2n) is 4.09. The molecule has 0 aliphatic rings. The molecule has 0 fully saturated rings. The smallest absolute Gasteiger partial charge is 0.255 e. The van der Waals surface area contributed by atoms with E-state index in [0.29, 0.717) is 27.2 Å². The number of hydrogen-bond acceptors (Lipinski definition) is 2. The van der Waals surface area contributed by atoms with Gasteiger partial charge < -0.3 is 5.32 Å². The molecular formula is C15H10BrClN2O. The average Bonchev–Trinajstić information content (AvgIpc) is 2.49. The van der Waals surface area contributed by atoms with E-state index >= 15 is 0 Å². The number of benzene rings is 2. The highest BCUT2D eigenvalue weighted by atomic mass is 79.9. The molecule has 2 rings (SSSR count). The van der Waals surface area contributed by atoms with Crippen molar-refractivity contribution in [2.24, 2.45) is 0 Å². The van der Waals surface area contributed by atoms with E-state index in [1.807, 2.05) is 12.1 Å².